The van der Waals surface area contributed by atoms with Crippen LogP contribution in [0.3, 0.4) is 0 Å². The lowest BCUT2D eigenvalue weighted by Crippen LogP contribution is -2.28. The summed E-state index contributed by atoms with van der Waals surface area (Å²) in [6.07, 6.45) is 0. The summed E-state index contributed by atoms with van der Waals surface area (Å²) in [5.41, 5.74) is -0.546. The Bertz CT molecular complexity index is 1350. The lowest BCUT2D eigenvalue weighted by molar-refractivity contribution is -0.386. The van der Waals surface area contributed by atoms with Crippen LogP contribution in [0.1, 0.15) is 11.1 Å². The molecule has 0 saturated carbocycles. The van der Waals surface area contributed by atoms with Crippen LogP contribution in [0, 0.1) is 27.3 Å². The Morgan fingerprint density at radius 3 is 2.38 bits per heavy atom. The van der Waals surface area contributed by atoms with Gasteiger partial charge in [-0.25, -0.2) is 4.39 Å². The average Bonchev–Trinajstić information content (AvgIpc) is 2.82. The summed E-state index contributed by atoms with van der Waals surface area (Å²) in [4.78, 5) is 23.8. The second kappa shape index (κ2) is 9.70. The lowest BCUT2D eigenvalue weighted by Gasteiger charge is -2.18. The molecule has 0 radical (unpaired) electrons. The Kier molecular flexibility index (Phi) is 6.78. The van der Waals surface area contributed by atoms with Gasteiger partial charge in [0, 0.05) is 30.8 Å². The molecule has 0 fully saturated rings. The van der Waals surface area contributed by atoms with Gasteiger partial charge in [-0.05, 0) is 23.3 Å². The number of aromatic hydroxyl groups is 2. The maximum Gasteiger partial charge on any atom is 0.315 e. The monoisotopic (exact) mass is 463 g/mol. The van der Waals surface area contributed by atoms with E-state index in [0.29, 0.717) is 11.6 Å². The van der Waals surface area contributed by atoms with Gasteiger partial charge in [-0.2, -0.15) is 5.26 Å². The van der Waals surface area contributed by atoms with Gasteiger partial charge in [0.25, 0.3) is 5.91 Å². The molecule has 9 nitrogen and oxygen atoms in total. The van der Waals surface area contributed by atoms with E-state index < -0.39 is 50.7 Å². The number of benzene rings is 3. The zero-order valence-corrected chi connectivity index (χ0v) is 17.8. The highest BCUT2D eigenvalue weighted by Crippen LogP contribution is 2.38. The third-order valence-electron chi connectivity index (χ3n) is 5.02. The Labute approximate surface area is 193 Å². The number of hydrogen-bond acceptors (Lipinski definition) is 7. The summed E-state index contributed by atoms with van der Waals surface area (Å²) in [7, 11) is 1.29. The van der Waals surface area contributed by atoms with E-state index >= 15 is 0 Å². The van der Waals surface area contributed by atoms with Crippen LogP contribution in [0.25, 0.3) is 16.9 Å². The predicted molar refractivity (Wildman–Crippen MR) is 120 cm³/mol. The van der Waals surface area contributed by atoms with Crippen molar-refractivity contribution in [1.82, 2.24) is 4.90 Å². The van der Waals surface area contributed by atoms with Gasteiger partial charge >= 0.3 is 5.69 Å². The SMILES string of the molecule is CN(Cc1ccc(-c2ccccc2)cc1F)C(=O)/C(C#N)=C(\O)c1cc(O)c(O)c([N+](=O)[O-])c1. The topological polar surface area (TPSA) is 148 Å². The molecule has 1 amide bonds. The van der Waals surface area contributed by atoms with Crippen molar-refractivity contribution in [2.45, 2.75) is 6.54 Å². The number of halogens is 1. The van der Waals surface area contributed by atoms with E-state index in [1.807, 2.05) is 30.3 Å². The van der Waals surface area contributed by atoms with Gasteiger partial charge in [0.15, 0.2) is 11.3 Å². The maximum atomic E-state index is 14.7. The summed E-state index contributed by atoms with van der Waals surface area (Å²) in [5.74, 6) is -4.46. The number of carbonyl (C=O) groups is 1. The highest BCUT2D eigenvalue weighted by molar-refractivity contribution is 6.03. The molecule has 0 aliphatic rings. The molecule has 0 bridgehead atoms. The van der Waals surface area contributed by atoms with Crippen LogP contribution in [-0.4, -0.2) is 38.1 Å². The van der Waals surface area contributed by atoms with Crippen LogP contribution in [0.15, 0.2) is 66.2 Å². The molecule has 10 heteroatoms. The number of likely N-dealkylation sites (N-methyl/N-ethyl adjacent to an activating group) is 1. The van der Waals surface area contributed by atoms with Crippen molar-refractivity contribution in [2.24, 2.45) is 0 Å². The molecule has 0 aliphatic heterocycles. The fourth-order valence-electron chi connectivity index (χ4n) is 3.23. The molecule has 3 aromatic rings. The van der Waals surface area contributed by atoms with Crippen LogP contribution in [0.5, 0.6) is 11.5 Å². The molecule has 0 spiro atoms. The first-order valence-corrected chi connectivity index (χ1v) is 9.77. The number of nitro groups is 1. The number of aliphatic hydroxyl groups excluding tert-OH is 1. The number of amides is 1. The molecule has 3 rings (SSSR count). The molecular weight excluding hydrogens is 445 g/mol. The molecular formula is C24H18FN3O6. The first-order valence-electron chi connectivity index (χ1n) is 9.77. The molecule has 34 heavy (non-hydrogen) atoms. The summed E-state index contributed by atoms with van der Waals surface area (Å²) in [5, 5.41) is 50.2. The van der Waals surface area contributed by atoms with Crippen molar-refractivity contribution in [1.29, 1.82) is 5.26 Å². The number of nitriles is 1. The standard InChI is InChI=1S/C24H18FN3O6/c1-27(13-16-8-7-15(9-19(16)25)14-5-3-2-4-6-14)24(32)18(12-26)22(30)17-10-20(28(33)34)23(31)21(29)11-17/h2-11,29-31H,13H2,1H3/b22-18-. The molecule has 172 valence electrons. The molecule has 0 unspecified atom stereocenters. The quantitative estimate of drug-likeness (QED) is 0.123. The first-order chi connectivity index (χ1) is 16.1. The van der Waals surface area contributed by atoms with Crippen LogP contribution in [0.4, 0.5) is 10.1 Å². The number of hydrogen-bond donors (Lipinski definition) is 3. The van der Waals surface area contributed by atoms with Gasteiger partial charge in [0.1, 0.15) is 17.6 Å². The number of aliphatic hydroxyl groups is 1. The van der Waals surface area contributed by atoms with Crippen LogP contribution in [0.2, 0.25) is 0 Å². The highest BCUT2D eigenvalue weighted by Gasteiger charge is 2.25. The van der Waals surface area contributed by atoms with E-state index in [1.165, 1.54) is 25.2 Å². The summed E-state index contributed by atoms with van der Waals surface area (Å²) in [6, 6.07) is 16.6. The molecule has 3 N–H and O–H groups in total. The molecule has 0 saturated heterocycles. The Morgan fingerprint density at radius 2 is 1.79 bits per heavy atom. The molecule has 3 aromatic carbocycles. The fourth-order valence-corrected chi connectivity index (χ4v) is 3.23. The predicted octanol–water partition coefficient (Wildman–Crippen LogP) is 4.26. The van der Waals surface area contributed by atoms with E-state index in [4.69, 9.17) is 0 Å². The van der Waals surface area contributed by atoms with E-state index in [0.717, 1.165) is 16.5 Å². The van der Waals surface area contributed by atoms with E-state index in [1.54, 1.807) is 6.07 Å². The number of rotatable bonds is 6. The van der Waals surface area contributed by atoms with Gasteiger partial charge in [0.2, 0.25) is 5.75 Å². The second-order valence-electron chi connectivity index (χ2n) is 7.29. The number of nitrogens with zero attached hydrogens (tertiary/aromatic N) is 3. The second-order valence-corrected chi connectivity index (χ2v) is 7.29. The van der Waals surface area contributed by atoms with Gasteiger partial charge in [-0.3, -0.25) is 14.9 Å². The smallest absolute Gasteiger partial charge is 0.315 e. The van der Waals surface area contributed by atoms with Crippen molar-refractivity contribution in [3.05, 3.63) is 93.3 Å². The van der Waals surface area contributed by atoms with Gasteiger partial charge < -0.3 is 20.2 Å². The Balaban J connectivity index is 1.89. The number of phenols is 2. The minimum Gasteiger partial charge on any atom is -0.506 e. The van der Waals surface area contributed by atoms with Crippen LogP contribution in [-0.2, 0) is 11.3 Å². The van der Waals surface area contributed by atoms with Gasteiger partial charge in [-0.15, -0.1) is 0 Å². The van der Waals surface area contributed by atoms with E-state index in [-0.39, 0.29) is 12.1 Å². The minimum atomic E-state index is -1.03. The Hall–Kier alpha value is -4.91. The molecule has 0 aromatic heterocycles. The zero-order chi connectivity index (χ0) is 25.0. The summed E-state index contributed by atoms with van der Waals surface area (Å²) < 4.78 is 14.7. The fraction of sp³-hybridized carbons (Fsp3) is 0.0833. The third kappa shape index (κ3) is 4.78. The molecule has 0 heterocycles. The summed E-state index contributed by atoms with van der Waals surface area (Å²) >= 11 is 0. The Morgan fingerprint density at radius 1 is 1.12 bits per heavy atom. The number of nitro benzene ring substituents is 1. The van der Waals surface area contributed by atoms with Crippen LogP contribution >= 0.6 is 0 Å². The minimum absolute atomic E-state index is 0.158. The first kappa shape index (κ1) is 23.7. The third-order valence-corrected chi connectivity index (χ3v) is 5.02. The van der Waals surface area contributed by atoms with Crippen molar-refractivity contribution in [3.63, 3.8) is 0 Å². The molecule has 0 atom stereocenters. The zero-order valence-electron chi connectivity index (χ0n) is 17.8. The molecule has 0 aliphatic carbocycles. The van der Waals surface area contributed by atoms with E-state index in [9.17, 15) is 39.9 Å². The number of phenolic OH excluding ortho intramolecular Hbond substituents is 2. The maximum absolute atomic E-state index is 14.7. The van der Waals surface area contributed by atoms with Gasteiger partial charge in [-0.1, -0.05) is 42.5 Å². The average molecular weight is 463 g/mol. The van der Waals surface area contributed by atoms with Crippen LogP contribution < -0.4 is 0 Å². The summed E-state index contributed by atoms with van der Waals surface area (Å²) in [6.45, 7) is -0.237. The largest absolute Gasteiger partial charge is 0.506 e. The van der Waals surface area contributed by atoms with Crippen molar-refractivity contribution < 1.29 is 29.4 Å². The number of carbonyl (C=O) groups excluding carboxylic acids is 1. The van der Waals surface area contributed by atoms with Crippen molar-refractivity contribution in [2.75, 3.05) is 7.05 Å². The van der Waals surface area contributed by atoms with E-state index in [2.05, 4.69) is 0 Å². The lowest BCUT2D eigenvalue weighted by atomic mass is 10.0. The van der Waals surface area contributed by atoms with Gasteiger partial charge in [0.05, 0.1) is 4.92 Å². The normalized spacial score (nSPS) is 11.3. The van der Waals surface area contributed by atoms with Crippen molar-refractivity contribution in [3.8, 4) is 28.7 Å². The highest BCUT2D eigenvalue weighted by atomic mass is 19.1. The van der Waals surface area contributed by atoms with Crippen molar-refractivity contribution >= 4 is 17.4 Å².